The van der Waals surface area contributed by atoms with E-state index in [-0.39, 0.29) is 12.3 Å². The van der Waals surface area contributed by atoms with Gasteiger partial charge in [-0.05, 0) is 30.2 Å². The molecular formula is C23H25N3O3. The molecule has 1 aliphatic rings. The first-order valence-corrected chi connectivity index (χ1v) is 10.0. The molecule has 2 heterocycles. The zero-order valence-electron chi connectivity index (χ0n) is 16.6. The van der Waals surface area contributed by atoms with Crippen LogP contribution >= 0.6 is 0 Å². The minimum absolute atomic E-state index is 0.0647. The quantitative estimate of drug-likeness (QED) is 0.669. The van der Waals surface area contributed by atoms with Crippen LogP contribution in [0, 0.1) is 6.92 Å². The molecular weight excluding hydrogens is 366 g/mol. The Kier molecular flexibility index (Phi) is 5.71. The Balaban J connectivity index is 1.31. The molecule has 0 unspecified atom stereocenters. The number of nitrogens with zero attached hydrogens (tertiary/aromatic N) is 3. The largest absolute Gasteiger partial charge is 0.420 e. The van der Waals surface area contributed by atoms with Gasteiger partial charge in [0.25, 0.3) is 0 Å². The van der Waals surface area contributed by atoms with E-state index in [9.17, 15) is 9.59 Å². The van der Waals surface area contributed by atoms with Crippen molar-refractivity contribution >= 4 is 17.0 Å². The van der Waals surface area contributed by atoms with Gasteiger partial charge < -0.3 is 9.32 Å². The zero-order valence-corrected chi connectivity index (χ0v) is 16.6. The molecule has 2 aromatic carbocycles. The number of aromatic nitrogens is 1. The molecule has 1 amide bonds. The first kappa shape index (κ1) is 19.3. The van der Waals surface area contributed by atoms with Crippen molar-refractivity contribution in [2.75, 3.05) is 26.2 Å². The van der Waals surface area contributed by atoms with Gasteiger partial charge >= 0.3 is 5.63 Å². The lowest BCUT2D eigenvalue weighted by Crippen LogP contribution is -2.48. The smallest absolute Gasteiger partial charge is 0.358 e. The van der Waals surface area contributed by atoms with Gasteiger partial charge in [-0.25, -0.2) is 9.78 Å². The van der Waals surface area contributed by atoms with Crippen LogP contribution < -0.4 is 5.63 Å². The van der Waals surface area contributed by atoms with Crippen LogP contribution in [-0.4, -0.2) is 46.9 Å². The molecule has 0 atom stereocenters. The topological polar surface area (TPSA) is 66.7 Å². The summed E-state index contributed by atoms with van der Waals surface area (Å²) in [6.07, 6.45) is 0.573. The zero-order chi connectivity index (χ0) is 20.2. The molecule has 1 saturated heterocycles. The van der Waals surface area contributed by atoms with Gasteiger partial charge in [-0.2, -0.15) is 0 Å². The van der Waals surface area contributed by atoms with Crippen LogP contribution in [0.15, 0.2) is 57.7 Å². The van der Waals surface area contributed by atoms with Crippen molar-refractivity contribution in [3.8, 4) is 0 Å². The Morgan fingerprint density at radius 1 is 1.03 bits per heavy atom. The summed E-state index contributed by atoms with van der Waals surface area (Å²) in [5.41, 5.74) is 3.60. The van der Waals surface area contributed by atoms with E-state index in [1.807, 2.05) is 11.0 Å². The lowest BCUT2D eigenvalue weighted by Gasteiger charge is -2.35. The molecule has 150 valence electrons. The molecule has 0 N–H and O–H groups in total. The molecule has 0 bridgehead atoms. The van der Waals surface area contributed by atoms with Crippen molar-refractivity contribution in [2.24, 2.45) is 0 Å². The second kappa shape index (κ2) is 8.57. The van der Waals surface area contributed by atoms with Crippen molar-refractivity contribution in [1.29, 1.82) is 0 Å². The number of amides is 1. The summed E-state index contributed by atoms with van der Waals surface area (Å²) >= 11 is 0. The fraction of sp³-hybridized carbons (Fsp3) is 0.348. The third-order valence-electron chi connectivity index (χ3n) is 5.51. The maximum absolute atomic E-state index is 12.6. The third-order valence-corrected chi connectivity index (χ3v) is 5.51. The number of benzene rings is 2. The van der Waals surface area contributed by atoms with Gasteiger partial charge in [-0.3, -0.25) is 9.69 Å². The number of aryl methyl sites for hydroxylation is 2. The highest BCUT2D eigenvalue weighted by molar-refractivity contribution is 5.76. The minimum Gasteiger partial charge on any atom is -0.420 e. The van der Waals surface area contributed by atoms with Crippen LogP contribution in [0.2, 0.25) is 0 Å². The average Bonchev–Trinajstić information content (AvgIpc) is 2.74. The second-order valence-electron chi connectivity index (χ2n) is 7.50. The highest BCUT2D eigenvalue weighted by Crippen LogP contribution is 2.14. The minimum atomic E-state index is -0.459. The van der Waals surface area contributed by atoms with E-state index < -0.39 is 5.63 Å². The van der Waals surface area contributed by atoms with Crippen molar-refractivity contribution in [2.45, 2.75) is 26.3 Å². The van der Waals surface area contributed by atoms with Gasteiger partial charge in [0.05, 0.1) is 0 Å². The maximum Gasteiger partial charge on any atom is 0.358 e. The van der Waals surface area contributed by atoms with Crippen LogP contribution in [0.1, 0.15) is 23.2 Å². The highest BCUT2D eigenvalue weighted by atomic mass is 16.4. The monoisotopic (exact) mass is 391 g/mol. The number of carbonyl (C=O) groups is 1. The molecule has 6 heteroatoms. The maximum atomic E-state index is 12.6. The number of fused-ring (bicyclic) bond motifs is 1. The summed E-state index contributed by atoms with van der Waals surface area (Å²) in [5, 5.41) is 0. The normalized spacial score (nSPS) is 15.0. The van der Waals surface area contributed by atoms with E-state index in [1.54, 1.807) is 18.2 Å². The fourth-order valence-electron chi connectivity index (χ4n) is 3.71. The summed E-state index contributed by atoms with van der Waals surface area (Å²) in [6, 6.07) is 15.6. The SMILES string of the molecule is Cc1ccccc1CN1CCN(C(=O)CCc2nc3ccccc3oc2=O)CC1. The predicted molar refractivity (Wildman–Crippen MR) is 112 cm³/mol. The molecule has 1 fully saturated rings. The van der Waals surface area contributed by atoms with Crippen molar-refractivity contribution < 1.29 is 9.21 Å². The van der Waals surface area contributed by atoms with Crippen molar-refractivity contribution in [3.63, 3.8) is 0 Å². The molecule has 0 radical (unpaired) electrons. The van der Waals surface area contributed by atoms with E-state index in [2.05, 4.69) is 41.1 Å². The van der Waals surface area contributed by atoms with E-state index in [0.29, 0.717) is 36.3 Å². The number of para-hydroxylation sites is 2. The summed E-state index contributed by atoms with van der Waals surface area (Å²) in [6.45, 7) is 6.19. The number of piperazine rings is 1. The summed E-state index contributed by atoms with van der Waals surface area (Å²) < 4.78 is 5.30. The molecule has 0 saturated carbocycles. The Bertz CT molecular complexity index is 1070. The van der Waals surface area contributed by atoms with E-state index in [1.165, 1.54) is 11.1 Å². The number of hydrogen-bond acceptors (Lipinski definition) is 5. The van der Waals surface area contributed by atoms with E-state index >= 15 is 0 Å². The van der Waals surface area contributed by atoms with Gasteiger partial charge in [0.1, 0.15) is 11.2 Å². The van der Waals surface area contributed by atoms with Crippen LogP contribution in [0.25, 0.3) is 11.1 Å². The second-order valence-corrected chi connectivity index (χ2v) is 7.50. The Morgan fingerprint density at radius 3 is 2.55 bits per heavy atom. The number of hydrogen-bond donors (Lipinski definition) is 0. The standard InChI is InChI=1S/C23H25N3O3/c1-17-6-2-3-7-18(17)16-25-12-14-26(15-13-25)22(27)11-10-20-23(28)29-21-9-5-4-8-19(21)24-20/h2-9H,10-16H2,1H3. The number of rotatable bonds is 5. The molecule has 4 rings (SSSR count). The fourth-order valence-corrected chi connectivity index (χ4v) is 3.71. The van der Waals surface area contributed by atoms with Crippen LogP contribution in [0.4, 0.5) is 0 Å². The van der Waals surface area contributed by atoms with Gasteiger partial charge in [-0.15, -0.1) is 0 Å². The van der Waals surface area contributed by atoms with Crippen molar-refractivity contribution in [3.05, 3.63) is 75.8 Å². The van der Waals surface area contributed by atoms with Gasteiger partial charge in [0.15, 0.2) is 5.58 Å². The Hall–Kier alpha value is -2.99. The molecule has 0 aliphatic carbocycles. The first-order chi connectivity index (χ1) is 14.1. The molecule has 1 aliphatic heterocycles. The lowest BCUT2D eigenvalue weighted by molar-refractivity contribution is -0.133. The van der Waals surface area contributed by atoms with Gasteiger partial charge in [-0.1, -0.05) is 36.4 Å². The average molecular weight is 391 g/mol. The van der Waals surface area contributed by atoms with Crippen molar-refractivity contribution in [1.82, 2.24) is 14.8 Å². The van der Waals surface area contributed by atoms with Gasteiger partial charge in [0.2, 0.25) is 5.91 Å². The Labute approximate surface area is 169 Å². The Morgan fingerprint density at radius 2 is 1.76 bits per heavy atom. The lowest BCUT2D eigenvalue weighted by atomic mass is 10.1. The van der Waals surface area contributed by atoms with Crippen LogP contribution in [0.5, 0.6) is 0 Å². The number of carbonyl (C=O) groups excluding carboxylic acids is 1. The molecule has 0 spiro atoms. The molecule has 29 heavy (non-hydrogen) atoms. The van der Waals surface area contributed by atoms with Gasteiger partial charge in [0, 0.05) is 45.6 Å². The summed E-state index contributed by atoms with van der Waals surface area (Å²) in [4.78, 5) is 33.4. The third kappa shape index (κ3) is 4.54. The predicted octanol–water partition coefficient (Wildman–Crippen LogP) is 2.77. The van der Waals surface area contributed by atoms with E-state index in [0.717, 1.165) is 19.6 Å². The molecule has 6 nitrogen and oxygen atoms in total. The molecule has 1 aromatic heterocycles. The van der Waals surface area contributed by atoms with Crippen LogP contribution in [0.3, 0.4) is 0 Å². The van der Waals surface area contributed by atoms with E-state index in [4.69, 9.17) is 4.42 Å². The first-order valence-electron chi connectivity index (χ1n) is 10.0. The molecule has 3 aromatic rings. The highest BCUT2D eigenvalue weighted by Gasteiger charge is 2.22. The summed E-state index contributed by atoms with van der Waals surface area (Å²) in [5.74, 6) is 0.0647. The van der Waals surface area contributed by atoms with Crippen LogP contribution in [-0.2, 0) is 17.8 Å². The summed E-state index contributed by atoms with van der Waals surface area (Å²) in [7, 11) is 0.